The van der Waals surface area contributed by atoms with E-state index in [1.54, 1.807) is 24.3 Å². The molecule has 0 fully saturated rings. The Kier molecular flexibility index (Phi) is 5.28. The molecule has 0 heterocycles. The summed E-state index contributed by atoms with van der Waals surface area (Å²) in [5, 5.41) is 3.41. The van der Waals surface area contributed by atoms with Gasteiger partial charge in [-0.25, -0.2) is 0 Å². The van der Waals surface area contributed by atoms with Crippen LogP contribution in [0.5, 0.6) is 5.75 Å². The maximum atomic E-state index is 12.1. The zero-order valence-corrected chi connectivity index (χ0v) is 12.1. The number of rotatable bonds is 6. The van der Waals surface area contributed by atoms with Crippen LogP contribution in [0.2, 0.25) is 0 Å². The fraction of sp³-hybridized carbons (Fsp3) is 0.294. The summed E-state index contributed by atoms with van der Waals surface area (Å²) in [6.07, 6.45) is 0. The van der Waals surface area contributed by atoms with Gasteiger partial charge in [0.15, 0.2) is 0 Å². The fourth-order valence-corrected chi connectivity index (χ4v) is 2.12. The van der Waals surface area contributed by atoms with Gasteiger partial charge in [-0.05, 0) is 37.1 Å². The molecule has 4 heteroatoms. The van der Waals surface area contributed by atoms with Gasteiger partial charge < -0.3 is 10.1 Å². The van der Waals surface area contributed by atoms with E-state index < -0.39 is 6.61 Å². The Morgan fingerprint density at radius 3 is 2.43 bits per heavy atom. The average Bonchev–Trinajstić information content (AvgIpc) is 2.45. The lowest BCUT2D eigenvalue weighted by molar-refractivity contribution is -0.0498. The Labute approximate surface area is 123 Å². The smallest absolute Gasteiger partial charge is 0.387 e. The highest BCUT2D eigenvalue weighted by Crippen LogP contribution is 2.17. The Bertz CT molecular complexity index is 569. The van der Waals surface area contributed by atoms with Crippen LogP contribution in [0.1, 0.15) is 29.7 Å². The van der Waals surface area contributed by atoms with Gasteiger partial charge in [0.25, 0.3) is 0 Å². The average molecular weight is 291 g/mol. The lowest BCUT2D eigenvalue weighted by Gasteiger charge is -2.15. The second kappa shape index (κ2) is 7.18. The second-order valence-corrected chi connectivity index (χ2v) is 5.04. The first-order valence-corrected chi connectivity index (χ1v) is 6.88. The van der Waals surface area contributed by atoms with Crippen molar-refractivity contribution in [2.75, 3.05) is 0 Å². The molecule has 0 aliphatic heterocycles. The van der Waals surface area contributed by atoms with Crippen LogP contribution in [-0.2, 0) is 6.54 Å². The molecule has 1 N–H and O–H groups in total. The summed E-state index contributed by atoms with van der Waals surface area (Å²) in [6, 6.07) is 15.3. The van der Waals surface area contributed by atoms with Gasteiger partial charge >= 0.3 is 6.61 Å². The number of nitrogens with one attached hydrogen (secondary N) is 1. The van der Waals surface area contributed by atoms with E-state index in [1.165, 1.54) is 11.1 Å². The topological polar surface area (TPSA) is 21.3 Å². The number of ether oxygens (including phenoxy) is 1. The van der Waals surface area contributed by atoms with Gasteiger partial charge in [-0.1, -0.05) is 42.0 Å². The van der Waals surface area contributed by atoms with E-state index in [0.29, 0.717) is 6.54 Å². The number of hydrogen-bond acceptors (Lipinski definition) is 2. The van der Waals surface area contributed by atoms with Crippen LogP contribution in [-0.4, -0.2) is 6.61 Å². The molecule has 2 aromatic carbocycles. The summed E-state index contributed by atoms with van der Waals surface area (Å²) in [5.41, 5.74) is 3.48. The van der Waals surface area contributed by atoms with Crippen LogP contribution in [0, 0.1) is 6.92 Å². The van der Waals surface area contributed by atoms with E-state index in [-0.39, 0.29) is 11.8 Å². The van der Waals surface area contributed by atoms with Gasteiger partial charge in [0.1, 0.15) is 5.75 Å². The van der Waals surface area contributed by atoms with Crippen molar-refractivity contribution >= 4 is 0 Å². The van der Waals surface area contributed by atoms with E-state index in [1.807, 2.05) is 6.07 Å². The molecule has 2 nitrogen and oxygen atoms in total. The van der Waals surface area contributed by atoms with Crippen LogP contribution < -0.4 is 10.1 Å². The third-order valence-corrected chi connectivity index (χ3v) is 3.30. The largest absolute Gasteiger partial charge is 0.435 e. The molecular weight excluding hydrogens is 272 g/mol. The molecule has 0 amide bonds. The molecule has 0 aliphatic carbocycles. The predicted octanol–water partition coefficient (Wildman–Crippen LogP) is 4.45. The Balaban J connectivity index is 1.90. The first-order valence-electron chi connectivity index (χ1n) is 6.88. The van der Waals surface area contributed by atoms with E-state index >= 15 is 0 Å². The van der Waals surface area contributed by atoms with E-state index in [4.69, 9.17) is 0 Å². The standard InChI is InChI=1S/C17H19F2NO/c1-12-4-3-5-15(10-12)13(2)20-11-14-6-8-16(9-7-14)21-17(18)19/h3-10,13,17,20H,11H2,1-2H3/t13-/m0/s1. The Hall–Kier alpha value is -1.94. The highest BCUT2D eigenvalue weighted by molar-refractivity contribution is 5.28. The highest BCUT2D eigenvalue weighted by Gasteiger charge is 2.06. The number of halogens is 2. The Morgan fingerprint density at radius 1 is 1.10 bits per heavy atom. The summed E-state index contributed by atoms with van der Waals surface area (Å²) in [4.78, 5) is 0. The number of hydrogen-bond donors (Lipinski definition) is 1. The van der Waals surface area contributed by atoms with Crippen molar-refractivity contribution in [2.24, 2.45) is 0 Å². The first kappa shape index (κ1) is 15.4. The summed E-state index contributed by atoms with van der Waals surface area (Å²) in [7, 11) is 0. The molecule has 0 spiro atoms. The van der Waals surface area contributed by atoms with Crippen LogP contribution >= 0.6 is 0 Å². The maximum absolute atomic E-state index is 12.1. The third-order valence-electron chi connectivity index (χ3n) is 3.30. The van der Waals surface area contributed by atoms with Crippen molar-refractivity contribution in [3.8, 4) is 5.75 Å². The molecular formula is C17H19F2NO. The molecule has 112 valence electrons. The van der Waals surface area contributed by atoms with Gasteiger partial charge in [0.05, 0.1) is 0 Å². The predicted molar refractivity (Wildman–Crippen MR) is 79.5 cm³/mol. The van der Waals surface area contributed by atoms with Gasteiger partial charge in [0.2, 0.25) is 0 Å². The second-order valence-electron chi connectivity index (χ2n) is 5.04. The highest BCUT2D eigenvalue weighted by atomic mass is 19.3. The zero-order chi connectivity index (χ0) is 15.2. The third kappa shape index (κ3) is 4.83. The van der Waals surface area contributed by atoms with Crippen LogP contribution in [0.3, 0.4) is 0 Å². The monoisotopic (exact) mass is 291 g/mol. The zero-order valence-electron chi connectivity index (χ0n) is 12.1. The van der Waals surface area contributed by atoms with Crippen molar-refractivity contribution < 1.29 is 13.5 Å². The maximum Gasteiger partial charge on any atom is 0.387 e. The van der Waals surface area contributed by atoms with Gasteiger partial charge in [-0.2, -0.15) is 8.78 Å². The van der Waals surface area contributed by atoms with Crippen molar-refractivity contribution in [3.05, 3.63) is 65.2 Å². The van der Waals surface area contributed by atoms with Crippen molar-refractivity contribution in [2.45, 2.75) is 33.0 Å². The minimum atomic E-state index is -2.78. The Morgan fingerprint density at radius 2 is 1.81 bits per heavy atom. The molecule has 0 unspecified atom stereocenters. The van der Waals surface area contributed by atoms with Crippen LogP contribution in [0.15, 0.2) is 48.5 Å². The minimum Gasteiger partial charge on any atom is -0.435 e. The van der Waals surface area contributed by atoms with E-state index in [9.17, 15) is 8.78 Å². The molecule has 1 atom stereocenters. The number of alkyl halides is 2. The molecule has 0 radical (unpaired) electrons. The van der Waals surface area contributed by atoms with Crippen molar-refractivity contribution in [1.82, 2.24) is 5.32 Å². The quantitative estimate of drug-likeness (QED) is 0.849. The van der Waals surface area contributed by atoms with Gasteiger partial charge in [0, 0.05) is 12.6 Å². The molecule has 2 rings (SSSR count). The molecule has 21 heavy (non-hydrogen) atoms. The minimum absolute atomic E-state index is 0.181. The molecule has 0 aliphatic rings. The summed E-state index contributed by atoms with van der Waals surface area (Å²) < 4.78 is 28.4. The van der Waals surface area contributed by atoms with Crippen LogP contribution in [0.4, 0.5) is 8.78 Å². The van der Waals surface area contributed by atoms with E-state index in [0.717, 1.165) is 5.56 Å². The fourth-order valence-electron chi connectivity index (χ4n) is 2.12. The molecule has 0 saturated carbocycles. The molecule has 0 saturated heterocycles. The SMILES string of the molecule is Cc1cccc([C@H](C)NCc2ccc(OC(F)F)cc2)c1. The molecule has 2 aromatic rings. The van der Waals surface area contributed by atoms with Crippen LogP contribution in [0.25, 0.3) is 0 Å². The number of aryl methyl sites for hydroxylation is 1. The van der Waals surface area contributed by atoms with Gasteiger partial charge in [-0.15, -0.1) is 0 Å². The first-order chi connectivity index (χ1) is 10.0. The van der Waals surface area contributed by atoms with Crippen molar-refractivity contribution in [1.29, 1.82) is 0 Å². The summed E-state index contributed by atoms with van der Waals surface area (Å²) >= 11 is 0. The summed E-state index contributed by atoms with van der Waals surface area (Å²) in [5.74, 6) is 0.181. The molecule has 0 bridgehead atoms. The summed E-state index contributed by atoms with van der Waals surface area (Å²) in [6.45, 7) is 2.06. The lowest BCUT2D eigenvalue weighted by atomic mass is 10.1. The normalized spacial score (nSPS) is 12.4. The van der Waals surface area contributed by atoms with Gasteiger partial charge in [-0.3, -0.25) is 0 Å². The lowest BCUT2D eigenvalue weighted by Crippen LogP contribution is -2.18. The molecule has 0 aromatic heterocycles. The van der Waals surface area contributed by atoms with Crippen molar-refractivity contribution in [3.63, 3.8) is 0 Å². The van der Waals surface area contributed by atoms with E-state index in [2.05, 4.69) is 42.1 Å². The number of benzene rings is 2.